The summed E-state index contributed by atoms with van der Waals surface area (Å²) < 4.78 is 80.8. The summed E-state index contributed by atoms with van der Waals surface area (Å²) in [6, 6.07) is 4.06. The second kappa shape index (κ2) is 6.83. The topological polar surface area (TPSA) is 79.6 Å². The summed E-state index contributed by atoms with van der Waals surface area (Å²) >= 11 is 0. The van der Waals surface area contributed by atoms with E-state index in [4.69, 9.17) is 5.11 Å². The number of aliphatic hydroxyl groups is 1. The number of nitrogens with zero attached hydrogens (tertiary/aromatic N) is 4. The highest BCUT2D eigenvalue weighted by molar-refractivity contribution is 5.89. The molecule has 0 bridgehead atoms. The molecule has 0 unspecified atom stereocenters. The second-order valence-electron chi connectivity index (χ2n) is 6.26. The van der Waals surface area contributed by atoms with Crippen LogP contribution in [-0.4, -0.2) is 36.4 Å². The first-order valence-electron chi connectivity index (χ1n) is 8.38. The lowest BCUT2D eigenvalue weighted by Crippen LogP contribution is -2.15. The molecule has 0 atom stereocenters. The maximum absolute atomic E-state index is 13.7. The first kappa shape index (κ1) is 19.9. The summed E-state index contributed by atoms with van der Waals surface area (Å²) in [5.41, 5.74) is -1.52. The van der Waals surface area contributed by atoms with Crippen molar-refractivity contribution in [3.8, 4) is 5.69 Å². The minimum atomic E-state index is -4.95. The third-order valence-electron chi connectivity index (χ3n) is 4.27. The number of hydrogen-bond acceptors (Lipinski definition) is 4. The Hall–Kier alpha value is -3.41. The predicted molar refractivity (Wildman–Crippen MR) is 94.6 cm³/mol. The van der Waals surface area contributed by atoms with Crippen LogP contribution in [0.5, 0.6) is 0 Å². The van der Waals surface area contributed by atoms with Gasteiger partial charge in [-0.2, -0.15) is 31.4 Å². The van der Waals surface area contributed by atoms with Crippen molar-refractivity contribution in [2.75, 3.05) is 6.61 Å². The first-order valence-corrected chi connectivity index (χ1v) is 8.38. The van der Waals surface area contributed by atoms with Crippen molar-refractivity contribution in [3.63, 3.8) is 0 Å². The number of hydrogen-bond donors (Lipinski definition) is 2. The van der Waals surface area contributed by atoms with Crippen molar-refractivity contribution >= 4 is 28.1 Å². The molecule has 1 aromatic carbocycles. The third kappa shape index (κ3) is 3.38. The van der Waals surface area contributed by atoms with Gasteiger partial charge < -0.3 is 5.11 Å². The molecule has 0 aliphatic heterocycles. The van der Waals surface area contributed by atoms with E-state index >= 15 is 0 Å². The smallest absolute Gasteiger partial charge is 0.392 e. The van der Waals surface area contributed by atoms with Crippen molar-refractivity contribution in [3.05, 3.63) is 53.6 Å². The number of aromatic amines is 1. The Labute approximate surface area is 163 Å². The van der Waals surface area contributed by atoms with Crippen LogP contribution in [0.25, 0.3) is 33.8 Å². The first-order chi connectivity index (χ1) is 14.1. The van der Waals surface area contributed by atoms with E-state index in [2.05, 4.69) is 20.2 Å². The lowest BCUT2D eigenvalue weighted by atomic mass is 10.1. The number of aromatic nitrogens is 5. The molecule has 4 rings (SSSR count). The predicted octanol–water partition coefficient (Wildman–Crippen LogP) is 4.34. The number of pyridine rings is 1. The maximum atomic E-state index is 13.7. The van der Waals surface area contributed by atoms with Gasteiger partial charge in [-0.15, -0.1) is 0 Å². The van der Waals surface area contributed by atoms with E-state index in [-0.39, 0.29) is 17.8 Å². The number of nitrogens with one attached hydrogen (secondary N) is 1. The minimum absolute atomic E-state index is 0.108. The highest BCUT2D eigenvalue weighted by Crippen LogP contribution is 2.36. The van der Waals surface area contributed by atoms with Crippen LogP contribution in [0, 0.1) is 0 Å². The molecule has 6 nitrogen and oxygen atoms in total. The molecule has 0 saturated heterocycles. The molecule has 156 valence electrons. The zero-order valence-electron chi connectivity index (χ0n) is 14.8. The van der Waals surface area contributed by atoms with Crippen LogP contribution < -0.4 is 0 Å². The normalized spacial score (nSPS) is 13.2. The zero-order valence-corrected chi connectivity index (χ0v) is 14.8. The fraction of sp³-hybridized carbons (Fsp3) is 0.167. The molecule has 3 aromatic heterocycles. The van der Waals surface area contributed by atoms with Crippen LogP contribution in [-0.2, 0) is 12.4 Å². The summed E-state index contributed by atoms with van der Waals surface area (Å²) in [6.45, 7) is -0.321. The molecular formula is C18H11F6N5O. The summed E-state index contributed by atoms with van der Waals surface area (Å²) in [6.07, 6.45) is -5.63. The molecule has 0 saturated carbocycles. The monoisotopic (exact) mass is 427 g/mol. The molecule has 0 aliphatic rings. The van der Waals surface area contributed by atoms with E-state index in [9.17, 15) is 26.3 Å². The zero-order chi connectivity index (χ0) is 21.7. The van der Waals surface area contributed by atoms with E-state index in [1.807, 2.05) is 0 Å². The Morgan fingerprint density at radius 1 is 1.03 bits per heavy atom. The van der Waals surface area contributed by atoms with Crippen molar-refractivity contribution in [1.82, 2.24) is 24.7 Å². The van der Waals surface area contributed by atoms with E-state index in [1.54, 1.807) is 0 Å². The van der Waals surface area contributed by atoms with Gasteiger partial charge in [0.05, 0.1) is 24.0 Å². The lowest BCUT2D eigenvalue weighted by Gasteiger charge is -2.13. The van der Waals surface area contributed by atoms with Crippen LogP contribution in [0.4, 0.5) is 26.3 Å². The van der Waals surface area contributed by atoms with Crippen molar-refractivity contribution in [2.24, 2.45) is 0 Å². The second-order valence-corrected chi connectivity index (χ2v) is 6.26. The van der Waals surface area contributed by atoms with E-state index in [0.717, 1.165) is 6.07 Å². The Bertz CT molecular complexity index is 1270. The summed E-state index contributed by atoms with van der Waals surface area (Å²) in [5, 5.41) is 15.9. The fourth-order valence-corrected chi connectivity index (χ4v) is 3.06. The van der Waals surface area contributed by atoms with Crippen LogP contribution in [0.1, 0.15) is 17.1 Å². The van der Waals surface area contributed by atoms with Gasteiger partial charge in [0.2, 0.25) is 5.82 Å². The van der Waals surface area contributed by atoms with Crippen molar-refractivity contribution in [1.29, 1.82) is 0 Å². The van der Waals surface area contributed by atoms with E-state index in [1.165, 1.54) is 30.5 Å². The van der Waals surface area contributed by atoms with E-state index in [0.29, 0.717) is 27.1 Å². The average Bonchev–Trinajstić information content (AvgIpc) is 3.28. The summed E-state index contributed by atoms with van der Waals surface area (Å²) in [5.74, 6) is -1.41. The molecule has 0 spiro atoms. The largest absolute Gasteiger partial charge is 0.450 e. The van der Waals surface area contributed by atoms with Gasteiger partial charge in [-0.05, 0) is 24.3 Å². The number of rotatable bonds is 3. The van der Waals surface area contributed by atoms with Gasteiger partial charge in [0.15, 0.2) is 5.65 Å². The molecule has 0 amide bonds. The van der Waals surface area contributed by atoms with Crippen LogP contribution in [0.3, 0.4) is 0 Å². The van der Waals surface area contributed by atoms with Gasteiger partial charge in [-0.25, -0.2) is 9.97 Å². The minimum Gasteiger partial charge on any atom is -0.392 e. The van der Waals surface area contributed by atoms with Gasteiger partial charge >= 0.3 is 12.4 Å². The molecule has 0 fully saturated rings. The number of H-pyrrole nitrogens is 1. The van der Waals surface area contributed by atoms with Crippen molar-refractivity contribution < 1.29 is 31.4 Å². The molecule has 2 N–H and O–H groups in total. The highest BCUT2D eigenvalue weighted by atomic mass is 19.4. The SMILES string of the molecule is OCC=Cc1cc(-n2c(C(F)(F)F)nc3ccc(C(F)(F)F)nc32)cc2cn[nH]c12. The summed E-state index contributed by atoms with van der Waals surface area (Å²) in [7, 11) is 0. The highest BCUT2D eigenvalue weighted by Gasteiger charge is 2.40. The Kier molecular flexibility index (Phi) is 4.53. The fourth-order valence-electron chi connectivity index (χ4n) is 3.06. The van der Waals surface area contributed by atoms with Gasteiger partial charge in [0, 0.05) is 10.9 Å². The number of imidazole rings is 1. The van der Waals surface area contributed by atoms with Gasteiger partial charge in [-0.1, -0.05) is 12.2 Å². The van der Waals surface area contributed by atoms with E-state index < -0.39 is 29.5 Å². The average molecular weight is 427 g/mol. The number of aliphatic hydroxyl groups excluding tert-OH is 1. The standard InChI is InChI=1S/C18H11F6N5O/c19-17(20,21)13-4-3-12-15(27-13)29(16(26-12)18(22,23)24)11-6-9(2-1-5-30)14-10(7-11)8-25-28-14/h1-4,6-8,30H,5H2,(H,25,28). The Morgan fingerprint density at radius 2 is 1.80 bits per heavy atom. The number of benzene rings is 1. The number of fused-ring (bicyclic) bond motifs is 2. The molecule has 30 heavy (non-hydrogen) atoms. The molecule has 3 heterocycles. The molecule has 0 aliphatic carbocycles. The molecule has 12 heteroatoms. The number of alkyl halides is 6. The molecular weight excluding hydrogens is 416 g/mol. The lowest BCUT2D eigenvalue weighted by molar-refractivity contribution is -0.145. The summed E-state index contributed by atoms with van der Waals surface area (Å²) in [4.78, 5) is 6.88. The van der Waals surface area contributed by atoms with Crippen molar-refractivity contribution in [2.45, 2.75) is 12.4 Å². The molecule has 0 radical (unpaired) electrons. The Morgan fingerprint density at radius 3 is 2.47 bits per heavy atom. The Balaban J connectivity index is 2.07. The van der Waals surface area contributed by atoms with Gasteiger partial charge in [0.1, 0.15) is 11.2 Å². The van der Waals surface area contributed by atoms with Crippen LogP contribution >= 0.6 is 0 Å². The van der Waals surface area contributed by atoms with Gasteiger partial charge in [0.25, 0.3) is 0 Å². The van der Waals surface area contributed by atoms with Gasteiger partial charge in [-0.3, -0.25) is 9.67 Å². The third-order valence-corrected chi connectivity index (χ3v) is 4.27. The van der Waals surface area contributed by atoms with Crippen LogP contribution in [0.2, 0.25) is 0 Å². The number of halogens is 6. The van der Waals surface area contributed by atoms with Crippen LogP contribution in [0.15, 0.2) is 36.5 Å². The quantitative estimate of drug-likeness (QED) is 0.477. The maximum Gasteiger partial charge on any atom is 0.450 e. The molecule has 4 aromatic rings.